The number of rotatable bonds is 4. The predicted octanol–water partition coefficient (Wildman–Crippen LogP) is 2.36. The van der Waals surface area contributed by atoms with Crippen molar-refractivity contribution in [3.63, 3.8) is 0 Å². The van der Waals surface area contributed by atoms with Crippen LogP contribution >= 0.6 is 11.3 Å². The summed E-state index contributed by atoms with van der Waals surface area (Å²) >= 11 is 1.61. The molecule has 2 rings (SSSR count). The van der Waals surface area contributed by atoms with Gasteiger partial charge in [0.2, 0.25) is 5.91 Å². The molecule has 1 fully saturated rings. The topological polar surface area (TPSA) is 58.6 Å². The smallest absolute Gasteiger partial charge is 0.409 e. The Bertz CT molecular complexity index is 491. The number of carbonyl (C=O) groups is 2. The van der Waals surface area contributed by atoms with E-state index in [2.05, 4.69) is 5.32 Å². The highest BCUT2D eigenvalue weighted by molar-refractivity contribution is 7.08. The number of ether oxygens (including phenoxy) is 1. The van der Waals surface area contributed by atoms with Gasteiger partial charge >= 0.3 is 6.09 Å². The Morgan fingerprint density at radius 2 is 2.24 bits per heavy atom. The van der Waals surface area contributed by atoms with Crippen LogP contribution in [-0.2, 0) is 9.53 Å². The van der Waals surface area contributed by atoms with E-state index in [1.807, 2.05) is 22.9 Å². The van der Waals surface area contributed by atoms with Crippen LogP contribution in [0.5, 0.6) is 0 Å². The molecule has 0 bridgehead atoms. The lowest BCUT2D eigenvalue weighted by Crippen LogP contribution is -2.41. The standard InChI is InChI=1S/C15H20N2O3S/c1-20-15(19)17-7-4-12(5-8-17)10-16-14(18)3-2-13-6-9-21-11-13/h2-3,6,9,11-12H,4-5,7-8,10H2,1H3,(H,16,18)/b3-2+. The van der Waals surface area contributed by atoms with E-state index in [0.29, 0.717) is 25.6 Å². The Morgan fingerprint density at radius 1 is 1.48 bits per heavy atom. The highest BCUT2D eigenvalue weighted by Crippen LogP contribution is 2.16. The molecule has 1 N–H and O–H groups in total. The summed E-state index contributed by atoms with van der Waals surface area (Å²) in [5.74, 6) is 0.348. The first kappa shape index (κ1) is 15.6. The van der Waals surface area contributed by atoms with Crippen LogP contribution in [0.15, 0.2) is 22.9 Å². The van der Waals surface area contributed by atoms with Gasteiger partial charge in [0, 0.05) is 25.7 Å². The van der Waals surface area contributed by atoms with Gasteiger partial charge < -0.3 is 15.0 Å². The van der Waals surface area contributed by atoms with Gasteiger partial charge in [-0.1, -0.05) is 0 Å². The minimum Gasteiger partial charge on any atom is -0.453 e. The Kier molecular flexibility index (Phi) is 5.80. The van der Waals surface area contributed by atoms with Gasteiger partial charge in [-0.3, -0.25) is 4.79 Å². The van der Waals surface area contributed by atoms with Crippen molar-refractivity contribution in [1.29, 1.82) is 0 Å². The van der Waals surface area contributed by atoms with Crippen molar-refractivity contribution in [1.82, 2.24) is 10.2 Å². The van der Waals surface area contributed by atoms with Gasteiger partial charge in [0.05, 0.1) is 7.11 Å². The second kappa shape index (κ2) is 7.83. The van der Waals surface area contributed by atoms with Crippen molar-refractivity contribution in [3.05, 3.63) is 28.5 Å². The van der Waals surface area contributed by atoms with Gasteiger partial charge in [0.25, 0.3) is 0 Å². The molecule has 0 unspecified atom stereocenters. The number of likely N-dealkylation sites (tertiary alicyclic amines) is 1. The van der Waals surface area contributed by atoms with Crippen LogP contribution in [0.25, 0.3) is 6.08 Å². The molecule has 0 spiro atoms. The van der Waals surface area contributed by atoms with Crippen molar-refractivity contribution in [2.45, 2.75) is 12.8 Å². The maximum atomic E-state index is 11.7. The minimum absolute atomic E-state index is 0.0726. The lowest BCUT2D eigenvalue weighted by Gasteiger charge is -2.30. The van der Waals surface area contributed by atoms with Gasteiger partial charge in [0.1, 0.15) is 0 Å². The largest absolute Gasteiger partial charge is 0.453 e. The fraction of sp³-hybridized carbons (Fsp3) is 0.467. The average Bonchev–Trinajstić information content (AvgIpc) is 3.04. The number of piperidine rings is 1. The highest BCUT2D eigenvalue weighted by Gasteiger charge is 2.23. The first-order valence-corrected chi connectivity index (χ1v) is 7.94. The molecule has 5 nitrogen and oxygen atoms in total. The number of methoxy groups -OCH3 is 1. The number of hydrogen-bond donors (Lipinski definition) is 1. The van der Waals surface area contributed by atoms with E-state index in [0.717, 1.165) is 18.4 Å². The molecule has 0 aromatic carbocycles. The normalized spacial score (nSPS) is 16.1. The number of hydrogen-bond acceptors (Lipinski definition) is 4. The van der Waals surface area contributed by atoms with Crippen molar-refractivity contribution < 1.29 is 14.3 Å². The monoisotopic (exact) mass is 308 g/mol. The predicted molar refractivity (Wildman–Crippen MR) is 83.1 cm³/mol. The van der Waals surface area contributed by atoms with Gasteiger partial charge in [0.15, 0.2) is 0 Å². The fourth-order valence-corrected chi connectivity index (χ4v) is 2.92. The Labute approximate surface area is 128 Å². The molecule has 0 saturated carbocycles. The fourth-order valence-electron chi connectivity index (χ4n) is 2.29. The molecule has 0 atom stereocenters. The van der Waals surface area contributed by atoms with E-state index in [9.17, 15) is 9.59 Å². The Balaban J connectivity index is 1.67. The molecule has 1 aromatic rings. The first-order chi connectivity index (χ1) is 10.2. The van der Waals surface area contributed by atoms with E-state index >= 15 is 0 Å². The minimum atomic E-state index is -0.267. The second-order valence-corrected chi connectivity index (χ2v) is 5.82. The van der Waals surface area contributed by atoms with E-state index in [1.165, 1.54) is 7.11 Å². The van der Waals surface area contributed by atoms with Crippen molar-refractivity contribution in [2.24, 2.45) is 5.92 Å². The van der Waals surface area contributed by atoms with Gasteiger partial charge in [-0.05, 0) is 47.2 Å². The maximum absolute atomic E-state index is 11.7. The zero-order chi connectivity index (χ0) is 15.1. The molecule has 1 aliphatic heterocycles. The molecule has 1 aliphatic rings. The molecule has 2 amide bonds. The Hall–Kier alpha value is -1.82. The average molecular weight is 308 g/mol. The summed E-state index contributed by atoms with van der Waals surface area (Å²) in [6, 6.07) is 1.97. The van der Waals surface area contributed by atoms with Crippen LogP contribution in [0.4, 0.5) is 4.79 Å². The third-order valence-corrected chi connectivity index (χ3v) is 4.28. The molecule has 1 aromatic heterocycles. The third kappa shape index (κ3) is 4.90. The lowest BCUT2D eigenvalue weighted by atomic mass is 9.97. The van der Waals surface area contributed by atoms with E-state index in [1.54, 1.807) is 22.3 Å². The summed E-state index contributed by atoms with van der Waals surface area (Å²) in [6.45, 7) is 2.04. The van der Waals surface area contributed by atoms with Crippen LogP contribution in [-0.4, -0.2) is 43.6 Å². The summed E-state index contributed by atoms with van der Waals surface area (Å²) in [7, 11) is 1.40. The quantitative estimate of drug-likeness (QED) is 0.869. The van der Waals surface area contributed by atoms with Crippen molar-refractivity contribution in [3.8, 4) is 0 Å². The summed E-state index contributed by atoms with van der Waals surface area (Å²) in [5, 5.41) is 6.89. The van der Waals surface area contributed by atoms with Crippen LogP contribution in [0.1, 0.15) is 18.4 Å². The summed E-state index contributed by atoms with van der Waals surface area (Å²) in [5.41, 5.74) is 1.04. The lowest BCUT2D eigenvalue weighted by molar-refractivity contribution is -0.116. The van der Waals surface area contributed by atoms with Crippen LogP contribution in [0.3, 0.4) is 0 Å². The third-order valence-electron chi connectivity index (χ3n) is 3.58. The maximum Gasteiger partial charge on any atom is 0.409 e. The SMILES string of the molecule is COC(=O)N1CCC(CNC(=O)/C=C/c2ccsc2)CC1. The highest BCUT2D eigenvalue weighted by atomic mass is 32.1. The molecule has 21 heavy (non-hydrogen) atoms. The number of thiophene rings is 1. The van der Waals surface area contributed by atoms with Crippen LogP contribution in [0, 0.1) is 5.92 Å². The Morgan fingerprint density at radius 3 is 2.86 bits per heavy atom. The van der Waals surface area contributed by atoms with Gasteiger partial charge in [-0.15, -0.1) is 0 Å². The van der Waals surface area contributed by atoms with E-state index in [-0.39, 0.29) is 12.0 Å². The number of amides is 2. The number of nitrogens with zero attached hydrogens (tertiary/aromatic N) is 1. The molecule has 2 heterocycles. The van der Waals surface area contributed by atoms with E-state index in [4.69, 9.17) is 4.74 Å². The number of carbonyl (C=O) groups excluding carboxylic acids is 2. The molecule has 1 saturated heterocycles. The van der Waals surface area contributed by atoms with Gasteiger partial charge in [-0.2, -0.15) is 11.3 Å². The zero-order valence-electron chi connectivity index (χ0n) is 12.1. The summed E-state index contributed by atoms with van der Waals surface area (Å²) in [4.78, 5) is 24.8. The molecule has 0 radical (unpaired) electrons. The van der Waals surface area contributed by atoms with Crippen molar-refractivity contribution in [2.75, 3.05) is 26.7 Å². The number of nitrogens with one attached hydrogen (secondary N) is 1. The zero-order valence-corrected chi connectivity index (χ0v) is 12.9. The summed E-state index contributed by atoms with van der Waals surface area (Å²) in [6.07, 6.45) is 4.89. The molecule has 114 valence electrons. The van der Waals surface area contributed by atoms with Crippen LogP contribution < -0.4 is 5.32 Å². The molecule has 6 heteroatoms. The van der Waals surface area contributed by atoms with Crippen molar-refractivity contribution >= 4 is 29.4 Å². The van der Waals surface area contributed by atoms with Gasteiger partial charge in [-0.25, -0.2) is 4.79 Å². The summed E-state index contributed by atoms with van der Waals surface area (Å²) < 4.78 is 4.70. The van der Waals surface area contributed by atoms with E-state index < -0.39 is 0 Å². The van der Waals surface area contributed by atoms with Crippen LogP contribution in [0.2, 0.25) is 0 Å². The second-order valence-electron chi connectivity index (χ2n) is 5.04. The molecular weight excluding hydrogens is 288 g/mol. The first-order valence-electron chi connectivity index (χ1n) is 7.00. The molecular formula is C15H20N2O3S. The molecule has 0 aliphatic carbocycles.